The summed E-state index contributed by atoms with van der Waals surface area (Å²) in [5, 5.41) is 0.619. The summed E-state index contributed by atoms with van der Waals surface area (Å²) in [5.41, 5.74) is 1.95. The lowest BCUT2D eigenvalue weighted by atomic mass is 9.92. The van der Waals surface area contributed by atoms with Crippen molar-refractivity contribution in [2.75, 3.05) is 19.7 Å². The van der Waals surface area contributed by atoms with Crippen LogP contribution in [-0.4, -0.2) is 51.9 Å². The maximum Gasteiger partial charge on any atom is 0.434 e. The zero-order valence-electron chi connectivity index (χ0n) is 19.3. The first-order chi connectivity index (χ1) is 16.4. The summed E-state index contributed by atoms with van der Waals surface area (Å²) in [6.45, 7) is 3.47. The van der Waals surface area contributed by atoms with Crippen LogP contribution in [-0.2, 0) is 22.5 Å². The van der Waals surface area contributed by atoms with Crippen LogP contribution in [0.15, 0.2) is 40.1 Å². The van der Waals surface area contributed by atoms with E-state index in [0.717, 1.165) is 43.4 Å². The predicted octanol–water partition coefficient (Wildman–Crippen LogP) is 4.13. The highest BCUT2D eigenvalue weighted by Crippen LogP contribution is 2.23. The average molecular weight is 485 g/mol. The van der Waals surface area contributed by atoms with Crippen LogP contribution in [0.1, 0.15) is 44.9 Å². The Hall–Kier alpha value is -3.00. The molecule has 180 valence electrons. The molecule has 3 heterocycles. The largest absolute Gasteiger partial charge is 0.442 e. The molecule has 0 saturated carbocycles. The second kappa shape index (κ2) is 11.0. The molecule has 0 radical (unpaired) electrons. The fourth-order valence-corrected chi connectivity index (χ4v) is 4.57. The molecule has 0 unspecified atom stereocenters. The zero-order chi connectivity index (χ0) is 24.1. The van der Waals surface area contributed by atoms with E-state index in [1.165, 1.54) is 10.6 Å². The minimum absolute atomic E-state index is 0.0264. The van der Waals surface area contributed by atoms with Crippen LogP contribution in [0.5, 0.6) is 0 Å². The minimum atomic E-state index is -0.530. The van der Waals surface area contributed by atoms with Crippen molar-refractivity contribution in [3.05, 3.63) is 51.5 Å². The van der Waals surface area contributed by atoms with Gasteiger partial charge in [-0.3, -0.25) is 14.2 Å². The number of halogens is 1. The van der Waals surface area contributed by atoms with Crippen LogP contribution < -0.4 is 5.56 Å². The minimum Gasteiger partial charge on any atom is -0.442 e. The first-order valence-electron chi connectivity index (χ1n) is 11.8. The van der Waals surface area contributed by atoms with Gasteiger partial charge in [-0.2, -0.15) is 4.99 Å². The van der Waals surface area contributed by atoms with Gasteiger partial charge in [-0.05, 0) is 31.4 Å². The molecule has 8 nitrogen and oxygen atoms in total. The molecular formula is C25H29ClN4O4. The number of piperidine rings is 1. The number of aromatic nitrogens is 2. The number of cyclic esters (lactones) is 1. The SMILES string of the molecule is CCCCCc1nc(-c2ccc(Cl)cc2)cc(=O)n1CC(=O)N1CCC(C2=NC(=O)OC2)CC1. The molecule has 1 aromatic carbocycles. The standard InChI is InChI=1S/C25H29ClN4O4/c1-2-3-4-5-22-27-20(17-6-8-19(26)9-7-17)14-23(31)30(22)15-24(32)29-12-10-18(11-13-29)21-16-34-25(33)28-21/h6-9,14,18H,2-5,10-13,15-16H2,1H3. The van der Waals surface area contributed by atoms with E-state index in [-0.39, 0.29) is 30.5 Å². The van der Waals surface area contributed by atoms with Crippen molar-refractivity contribution in [2.24, 2.45) is 10.9 Å². The van der Waals surface area contributed by atoms with Gasteiger partial charge in [0.25, 0.3) is 5.56 Å². The van der Waals surface area contributed by atoms with Gasteiger partial charge in [-0.1, -0.05) is 43.5 Å². The summed E-state index contributed by atoms with van der Waals surface area (Å²) in [6, 6.07) is 8.71. The Kier molecular flexibility index (Phi) is 7.77. The highest BCUT2D eigenvalue weighted by atomic mass is 35.5. The van der Waals surface area contributed by atoms with Gasteiger partial charge >= 0.3 is 6.09 Å². The molecule has 0 atom stereocenters. The van der Waals surface area contributed by atoms with Gasteiger partial charge in [0.05, 0.1) is 11.4 Å². The monoisotopic (exact) mass is 484 g/mol. The number of aryl methyl sites for hydroxylation is 1. The Morgan fingerprint density at radius 3 is 2.53 bits per heavy atom. The average Bonchev–Trinajstić information content (AvgIpc) is 3.28. The Morgan fingerprint density at radius 1 is 1.15 bits per heavy atom. The molecular weight excluding hydrogens is 456 g/mol. The molecule has 2 aromatic rings. The third-order valence-corrected chi connectivity index (χ3v) is 6.67. The number of amides is 2. The maximum absolute atomic E-state index is 13.1. The van der Waals surface area contributed by atoms with Crippen molar-refractivity contribution in [3.8, 4) is 11.3 Å². The third-order valence-electron chi connectivity index (χ3n) is 6.42. The smallest absolute Gasteiger partial charge is 0.434 e. The van der Waals surface area contributed by atoms with E-state index in [2.05, 4.69) is 11.9 Å². The molecule has 0 bridgehead atoms. The van der Waals surface area contributed by atoms with E-state index in [9.17, 15) is 14.4 Å². The Labute approximate surface area is 203 Å². The number of likely N-dealkylation sites (tertiary alicyclic amines) is 1. The van der Waals surface area contributed by atoms with Gasteiger partial charge in [0.2, 0.25) is 5.91 Å². The van der Waals surface area contributed by atoms with E-state index in [1.54, 1.807) is 17.0 Å². The van der Waals surface area contributed by atoms with E-state index < -0.39 is 6.09 Å². The van der Waals surface area contributed by atoms with Crippen LogP contribution in [0.4, 0.5) is 4.79 Å². The van der Waals surface area contributed by atoms with E-state index in [4.69, 9.17) is 21.3 Å². The zero-order valence-corrected chi connectivity index (χ0v) is 20.1. The Morgan fingerprint density at radius 2 is 1.88 bits per heavy atom. The van der Waals surface area contributed by atoms with Gasteiger partial charge in [-0.15, -0.1) is 0 Å². The predicted molar refractivity (Wildman–Crippen MR) is 130 cm³/mol. The first kappa shape index (κ1) is 24.1. The van der Waals surface area contributed by atoms with Crippen LogP contribution in [0.3, 0.4) is 0 Å². The number of aliphatic imine (C=N–C) groups is 1. The third kappa shape index (κ3) is 5.73. The fraction of sp³-hybridized carbons (Fsp3) is 0.480. The highest BCUT2D eigenvalue weighted by molar-refractivity contribution is 6.30. The summed E-state index contributed by atoms with van der Waals surface area (Å²) < 4.78 is 6.42. The van der Waals surface area contributed by atoms with Crippen molar-refractivity contribution >= 4 is 29.3 Å². The molecule has 34 heavy (non-hydrogen) atoms. The molecule has 4 rings (SSSR count). The summed E-state index contributed by atoms with van der Waals surface area (Å²) >= 11 is 6.00. The maximum atomic E-state index is 13.1. The second-order valence-corrected chi connectivity index (χ2v) is 9.20. The highest BCUT2D eigenvalue weighted by Gasteiger charge is 2.30. The van der Waals surface area contributed by atoms with Crippen LogP contribution in [0, 0.1) is 5.92 Å². The summed E-state index contributed by atoms with van der Waals surface area (Å²) in [5.74, 6) is 0.687. The molecule has 0 N–H and O–H groups in total. The molecule has 2 aliphatic heterocycles. The number of carbonyl (C=O) groups is 2. The second-order valence-electron chi connectivity index (χ2n) is 8.76. The molecule has 0 aliphatic carbocycles. The molecule has 2 aliphatic rings. The molecule has 9 heteroatoms. The van der Waals surface area contributed by atoms with E-state index >= 15 is 0 Å². The first-order valence-corrected chi connectivity index (χ1v) is 12.2. The van der Waals surface area contributed by atoms with Crippen LogP contribution in [0.2, 0.25) is 5.02 Å². The van der Waals surface area contributed by atoms with Crippen molar-refractivity contribution in [3.63, 3.8) is 0 Å². The number of hydrogen-bond acceptors (Lipinski definition) is 5. The van der Waals surface area contributed by atoms with Crippen LogP contribution >= 0.6 is 11.6 Å². The summed E-state index contributed by atoms with van der Waals surface area (Å²) in [6.07, 6.45) is 4.54. The number of benzene rings is 1. The lowest BCUT2D eigenvalue weighted by Crippen LogP contribution is -2.43. The normalized spacial score (nSPS) is 16.5. The van der Waals surface area contributed by atoms with Gasteiger partial charge in [-0.25, -0.2) is 9.78 Å². The molecule has 0 spiro atoms. The van der Waals surface area contributed by atoms with Crippen molar-refractivity contribution in [1.82, 2.24) is 14.5 Å². The van der Waals surface area contributed by atoms with Crippen molar-refractivity contribution < 1.29 is 14.3 Å². The molecule has 1 fully saturated rings. The Bertz CT molecular complexity index is 1130. The molecule has 1 aromatic heterocycles. The number of carbonyl (C=O) groups excluding carboxylic acids is 2. The van der Waals surface area contributed by atoms with Crippen molar-refractivity contribution in [2.45, 2.75) is 52.0 Å². The lowest BCUT2D eigenvalue weighted by molar-refractivity contribution is -0.133. The van der Waals surface area contributed by atoms with E-state index in [1.807, 2.05) is 12.1 Å². The van der Waals surface area contributed by atoms with Gasteiger partial charge in [0.1, 0.15) is 19.0 Å². The molecule has 1 saturated heterocycles. The molecule has 2 amide bonds. The fourth-order valence-electron chi connectivity index (χ4n) is 4.44. The number of hydrogen-bond donors (Lipinski definition) is 0. The van der Waals surface area contributed by atoms with Gasteiger partial charge < -0.3 is 9.64 Å². The van der Waals surface area contributed by atoms with Crippen LogP contribution in [0.25, 0.3) is 11.3 Å². The number of rotatable bonds is 8. The topological polar surface area (TPSA) is 93.9 Å². The quantitative estimate of drug-likeness (QED) is 0.525. The van der Waals surface area contributed by atoms with E-state index in [0.29, 0.717) is 36.1 Å². The summed E-state index contributed by atoms with van der Waals surface area (Å²) in [7, 11) is 0. The summed E-state index contributed by atoms with van der Waals surface area (Å²) in [4.78, 5) is 47.9. The lowest BCUT2D eigenvalue weighted by Gasteiger charge is -2.32. The number of unbranched alkanes of at least 4 members (excludes halogenated alkanes) is 2. The van der Waals surface area contributed by atoms with Gasteiger partial charge in [0, 0.05) is 42.1 Å². The number of ether oxygens (including phenoxy) is 1. The van der Waals surface area contributed by atoms with Gasteiger partial charge in [0.15, 0.2) is 0 Å². The van der Waals surface area contributed by atoms with Crippen molar-refractivity contribution in [1.29, 1.82) is 0 Å². The number of nitrogens with zero attached hydrogens (tertiary/aromatic N) is 4. The Balaban J connectivity index is 1.49.